The fraction of sp³-hybridized carbons (Fsp3) is 0.538. The molecule has 1 aromatic carbocycles. The molecule has 1 fully saturated rings. The van der Waals surface area contributed by atoms with Gasteiger partial charge < -0.3 is 10.6 Å². The van der Waals surface area contributed by atoms with Crippen molar-refractivity contribution in [3.05, 3.63) is 35.9 Å². The van der Waals surface area contributed by atoms with Crippen LogP contribution in [-0.2, 0) is 6.42 Å². The van der Waals surface area contributed by atoms with Crippen LogP contribution < -0.4 is 5.73 Å². The smallest absolute Gasteiger partial charge is 0.00947 e. The van der Waals surface area contributed by atoms with Crippen LogP contribution in [0.1, 0.15) is 12.0 Å². The fourth-order valence-electron chi connectivity index (χ4n) is 2.36. The number of piperidine rings is 1. The molecule has 1 aromatic rings. The van der Waals surface area contributed by atoms with Gasteiger partial charge in [0.15, 0.2) is 0 Å². The van der Waals surface area contributed by atoms with Crippen molar-refractivity contribution in [2.75, 3.05) is 20.1 Å². The molecule has 82 valence electrons. The molecule has 0 amide bonds. The Kier molecular flexibility index (Phi) is 3.39. The van der Waals surface area contributed by atoms with E-state index < -0.39 is 0 Å². The van der Waals surface area contributed by atoms with E-state index in [0.29, 0.717) is 12.0 Å². The Morgan fingerprint density at radius 2 is 2.07 bits per heavy atom. The Hall–Kier alpha value is -0.860. The number of hydrogen-bond acceptors (Lipinski definition) is 2. The molecule has 1 aliphatic rings. The molecule has 2 nitrogen and oxygen atoms in total. The quantitative estimate of drug-likeness (QED) is 0.791. The molecule has 1 saturated heterocycles. The summed E-state index contributed by atoms with van der Waals surface area (Å²) in [5.41, 5.74) is 7.57. The first-order valence-corrected chi connectivity index (χ1v) is 5.74. The van der Waals surface area contributed by atoms with E-state index in [0.717, 1.165) is 25.9 Å². The Morgan fingerprint density at radius 1 is 1.33 bits per heavy atom. The normalized spacial score (nSPS) is 27.9. The predicted octanol–water partition coefficient (Wildman–Crippen LogP) is 1.51. The van der Waals surface area contributed by atoms with Crippen LogP contribution in [0.2, 0.25) is 0 Å². The van der Waals surface area contributed by atoms with Gasteiger partial charge in [0.05, 0.1) is 0 Å². The molecule has 0 aliphatic carbocycles. The van der Waals surface area contributed by atoms with Crippen molar-refractivity contribution >= 4 is 0 Å². The zero-order chi connectivity index (χ0) is 10.7. The largest absolute Gasteiger partial charge is 0.327 e. The summed E-state index contributed by atoms with van der Waals surface area (Å²) < 4.78 is 0. The standard InChI is InChI=1S/C13H20N2/c1-15-8-7-13(14)12(10-15)9-11-5-3-2-4-6-11/h2-6,12-13H,7-10,14H2,1H3/t12-,13-/m1/s1. The van der Waals surface area contributed by atoms with E-state index >= 15 is 0 Å². The van der Waals surface area contributed by atoms with Gasteiger partial charge in [-0.3, -0.25) is 0 Å². The lowest BCUT2D eigenvalue weighted by molar-refractivity contribution is 0.185. The average Bonchev–Trinajstić information content (AvgIpc) is 2.25. The SMILES string of the molecule is CN1CC[C@@H](N)[C@H](Cc2ccccc2)C1. The highest BCUT2D eigenvalue weighted by Gasteiger charge is 2.24. The third kappa shape index (κ3) is 2.80. The van der Waals surface area contributed by atoms with Gasteiger partial charge in [0, 0.05) is 12.6 Å². The molecule has 0 aromatic heterocycles. The highest BCUT2D eigenvalue weighted by molar-refractivity contribution is 5.15. The lowest BCUT2D eigenvalue weighted by Crippen LogP contribution is -2.46. The van der Waals surface area contributed by atoms with Crippen molar-refractivity contribution in [2.45, 2.75) is 18.9 Å². The zero-order valence-electron chi connectivity index (χ0n) is 9.39. The molecule has 2 rings (SSSR count). The maximum absolute atomic E-state index is 6.16. The van der Waals surface area contributed by atoms with Gasteiger partial charge in [-0.2, -0.15) is 0 Å². The third-order valence-electron chi connectivity index (χ3n) is 3.34. The minimum absolute atomic E-state index is 0.376. The lowest BCUT2D eigenvalue weighted by atomic mass is 9.87. The summed E-state index contributed by atoms with van der Waals surface area (Å²) in [7, 11) is 2.18. The number of nitrogens with zero attached hydrogens (tertiary/aromatic N) is 1. The molecule has 2 heteroatoms. The minimum atomic E-state index is 0.376. The summed E-state index contributed by atoms with van der Waals surface area (Å²) in [5.74, 6) is 0.617. The van der Waals surface area contributed by atoms with Gasteiger partial charge in [-0.1, -0.05) is 30.3 Å². The Labute approximate surface area is 92.1 Å². The van der Waals surface area contributed by atoms with Crippen molar-refractivity contribution < 1.29 is 0 Å². The Bertz CT molecular complexity index is 297. The fourth-order valence-corrected chi connectivity index (χ4v) is 2.36. The molecule has 1 heterocycles. The molecule has 0 spiro atoms. The molecule has 0 saturated carbocycles. The van der Waals surface area contributed by atoms with Gasteiger partial charge in [-0.25, -0.2) is 0 Å². The van der Waals surface area contributed by atoms with Crippen LogP contribution in [0, 0.1) is 5.92 Å². The number of rotatable bonds is 2. The van der Waals surface area contributed by atoms with E-state index in [4.69, 9.17) is 5.73 Å². The van der Waals surface area contributed by atoms with Gasteiger partial charge in [0.1, 0.15) is 0 Å². The number of likely N-dealkylation sites (tertiary alicyclic amines) is 1. The van der Waals surface area contributed by atoms with E-state index in [1.807, 2.05) is 0 Å². The van der Waals surface area contributed by atoms with E-state index in [1.165, 1.54) is 5.56 Å². The summed E-state index contributed by atoms with van der Waals surface area (Å²) in [6, 6.07) is 11.0. The molecule has 15 heavy (non-hydrogen) atoms. The number of nitrogens with two attached hydrogens (primary N) is 1. The molecule has 2 N–H and O–H groups in total. The van der Waals surface area contributed by atoms with Crippen molar-refractivity contribution in [1.82, 2.24) is 4.90 Å². The second-order valence-corrected chi connectivity index (χ2v) is 4.66. The maximum Gasteiger partial charge on any atom is 0.00947 e. The van der Waals surface area contributed by atoms with Crippen LogP contribution in [0.25, 0.3) is 0 Å². The molecular formula is C13H20N2. The van der Waals surface area contributed by atoms with Crippen molar-refractivity contribution in [3.63, 3.8) is 0 Å². The molecular weight excluding hydrogens is 184 g/mol. The number of hydrogen-bond donors (Lipinski definition) is 1. The van der Waals surface area contributed by atoms with Gasteiger partial charge in [0.25, 0.3) is 0 Å². The topological polar surface area (TPSA) is 29.3 Å². The summed E-state index contributed by atoms with van der Waals surface area (Å²) >= 11 is 0. The van der Waals surface area contributed by atoms with Crippen LogP contribution in [0.15, 0.2) is 30.3 Å². The Morgan fingerprint density at radius 3 is 2.80 bits per heavy atom. The van der Waals surface area contributed by atoms with Crippen LogP contribution in [0.3, 0.4) is 0 Å². The van der Waals surface area contributed by atoms with Crippen LogP contribution in [0.5, 0.6) is 0 Å². The summed E-state index contributed by atoms with van der Waals surface area (Å²) in [4.78, 5) is 2.39. The van der Waals surface area contributed by atoms with Gasteiger partial charge >= 0.3 is 0 Å². The molecule has 0 unspecified atom stereocenters. The highest BCUT2D eigenvalue weighted by Crippen LogP contribution is 2.18. The van der Waals surface area contributed by atoms with Gasteiger partial charge in [-0.05, 0) is 37.9 Å². The monoisotopic (exact) mass is 204 g/mol. The first-order chi connectivity index (χ1) is 7.25. The van der Waals surface area contributed by atoms with Crippen molar-refractivity contribution in [2.24, 2.45) is 11.7 Å². The third-order valence-corrected chi connectivity index (χ3v) is 3.34. The zero-order valence-corrected chi connectivity index (χ0v) is 9.39. The van der Waals surface area contributed by atoms with E-state index in [2.05, 4.69) is 42.3 Å². The average molecular weight is 204 g/mol. The highest BCUT2D eigenvalue weighted by atomic mass is 15.1. The predicted molar refractivity (Wildman–Crippen MR) is 63.7 cm³/mol. The summed E-state index contributed by atoms with van der Waals surface area (Å²) in [6.07, 6.45) is 2.25. The van der Waals surface area contributed by atoms with Crippen LogP contribution in [-0.4, -0.2) is 31.1 Å². The molecule has 1 aliphatic heterocycles. The first-order valence-electron chi connectivity index (χ1n) is 5.74. The lowest BCUT2D eigenvalue weighted by Gasteiger charge is -2.34. The second-order valence-electron chi connectivity index (χ2n) is 4.66. The summed E-state index contributed by atoms with van der Waals surface area (Å²) in [6.45, 7) is 2.28. The summed E-state index contributed by atoms with van der Waals surface area (Å²) in [5, 5.41) is 0. The van der Waals surface area contributed by atoms with Gasteiger partial charge in [0.2, 0.25) is 0 Å². The maximum atomic E-state index is 6.16. The minimum Gasteiger partial charge on any atom is -0.327 e. The van der Waals surface area contributed by atoms with Crippen molar-refractivity contribution in [3.8, 4) is 0 Å². The van der Waals surface area contributed by atoms with E-state index in [9.17, 15) is 0 Å². The van der Waals surface area contributed by atoms with Gasteiger partial charge in [-0.15, -0.1) is 0 Å². The molecule has 2 atom stereocenters. The van der Waals surface area contributed by atoms with E-state index in [1.54, 1.807) is 0 Å². The molecule has 0 radical (unpaired) electrons. The second kappa shape index (κ2) is 4.77. The van der Waals surface area contributed by atoms with Crippen LogP contribution >= 0.6 is 0 Å². The number of benzene rings is 1. The Balaban J connectivity index is 1.98. The van der Waals surface area contributed by atoms with Crippen LogP contribution in [0.4, 0.5) is 0 Å². The van der Waals surface area contributed by atoms with E-state index in [-0.39, 0.29) is 0 Å². The van der Waals surface area contributed by atoms with Crippen molar-refractivity contribution in [1.29, 1.82) is 0 Å². The molecule has 0 bridgehead atoms. The first kappa shape index (κ1) is 10.7.